The van der Waals surface area contributed by atoms with Crippen molar-refractivity contribution in [3.8, 4) is 0 Å². The monoisotopic (exact) mass is 332 g/mol. The van der Waals surface area contributed by atoms with Crippen molar-refractivity contribution < 1.29 is 4.79 Å². The van der Waals surface area contributed by atoms with Crippen LogP contribution in [0.25, 0.3) is 0 Å². The molecule has 1 amide bonds. The second kappa shape index (κ2) is 6.71. The highest BCUT2D eigenvalue weighted by atomic mass is 35.5. The number of fused-ring (bicyclic) bond motifs is 1. The van der Waals surface area contributed by atoms with Gasteiger partial charge in [-0.2, -0.15) is 0 Å². The summed E-state index contributed by atoms with van der Waals surface area (Å²) in [5, 5.41) is 1.24. The van der Waals surface area contributed by atoms with Gasteiger partial charge >= 0.3 is 0 Å². The summed E-state index contributed by atoms with van der Waals surface area (Å²) in [5.41, 5.74) is 2.30. The lowest BCUT2D eigenvalue weighted by Crippen LogP contribution is -2.40. The van der Waals surface area contributed by atoms with Gasteiger partial charge in [0, 0.05) is 18.4 Å². The van der Waals surface area contributed by atoms with Gasteiger partial charge in [0.25, 0.3) is 0 Å². The third-order valence-electron chi connectivity index (χ3n) is 3.72. The SMILES string of the molecule is CC(Sc1ccc(Cl)cn1)C(=O)N1CCCc2ccccc21. The molecule has 5 heteroatoms. The summed E-state index contributed by atoms with van der Waals surface area (Å²) < 4.78 is 0. The molecule has 0 saturated heterocycles. The van der Waals surface area contributed by atoms with E-state index in [0.717, 1.165) is 30.1 Å². The molecule has 0 radical (unpaired) electrons. The standard InChI is InChI=1S/C17H17ClN2OS/c1-12(22-16-9-8-14(18)11-19-16)17(21)20-10-4-6-13-5-2-3-7-15(13)20/h2-3,5,7-9,11-12H,4,6,10H2,1H3. The molecule has 0 bridgehead atoms. The highest BCUT2D eigenvalue weighted by Gasteiger charge is 2.26. The van der Waals surface area contributed by atoms with Crippen molar-refractivity contribution in [1.29, 1.82) is 0 Å². The molecule has 0 fully saturated rings. The molecule has 1 atom stereocenters. The van der Waals surface area contributed by atoms with E-state index in [1.54, 1.807) is 12.3 Å². The number of halogens is 1. The largest absolute Gasteiger partial charge is 0.311 e. The predicted octanol–water partition coefficient (Wildman–Crippen LogP) is 4.20. The number of nitrogens with zero attached hydrogens (tertiary/aromatic N) is 2. The molecule has 22 heavy (non-hydrogen) atoms. The molecule has 114 valence electrons. The molecule has 0 spiro atoms. The van der Waals surface area contributed by atoms with Crippen LogP contribution in [0.1, 0.15) is 18.9 Å². The first-order valence-corrected chi connectivity index (χ1v) is 8.58. The van der Waals surface area contributed by atoms with Gasteiger partial charge in [-0.25, -0.2) is 4.98 Å². The molecular weight excluding hydrogens is 316 g/mol. The topological polar surface area (TPSA) is 33.2 Å². The third kappa shape index (κ3) is 3.28. The Morgan fingerprint density at radius 1 is 1.32 bits per heavy atom. The second-order valence-electron chi connectivity index (χ2n) is 5.30. The Bertz CT molecular complexity index is 675. The second-order valence-corrected chi connectivity index (χ2v) is 7.09. The van der Waals surface area contributed by atoms with Gasteiger partial charge in [0.1, 0.15) is 0 Å². The molecule has 1 aromatic carbocycles. The lowest BCUT2D eigenvalue weighted by molar-refractivity contribution is -0.117. The number of aryl methyl sites for hydroxylation is 1. The van der Waals surface area contributed by atoms with E-state index in [4.69, 9.17) is 11.6 Å². The number of rotatable bonds is 3. The average molecular weight is 333 g/mol. The smallest absolute Gasteiger partial charge is 0.240 e. The summed E-state index contributed by atoms with van der Waals surface area (Å²) in [5.74, 6) is 0.133. The molecule has 1 unspecified atom stereocenters. The maximum absolute atomic E-state index is 12.8. The summed E-state index contributed by atoms with van der Waals surface area (Å²) in [6, 6.07) is 11.8. The summed E-state index contributed by atoms with van der Waals surface area (Å²) in [6.07, 6.45) is 3.66. The first kappa shape index (κ1) is 15.4. The lowest BCUT2D eigenvalue weighted by Gasteiger charge is -2.31. The highest BCUT2D eigenvalue weighted by Crippen LogP contribution is 2.30. The molecule has 2 heterocycles. The van der Waals surface area contributed by atoms with Gasteiger partial charge in [-0.1, -0.05) is 41.6 Å². The Morgan fingerprint density at radius 3 is 2.91 bits per heavy atom. The minimum atomic E-state index is -0.181. The van der Waals surface area contributed by atoms with Crippen molar-refractivity contribution in [1.82, 2.24) is 4.98 Å². The van der Waals surface area contributed by atoms with Crippen molar-refractivity contribution in [3.05, 3.63) is 53.2 Å². The van der Waals surface area contributed by atoms with Gasteiger partial charge in [-0.15, -0.1) is 0 Å². The number of amides is 1. The van der Waals surface area contributed by atoms with E-state index in [0.29, 0.717) is 5.02 Å². The Morgan fingerprint density at radius 2 is 2.14 bits per heavy atom. The molecule has 0 saturated carbocycles. The molecule has 2 aromatic rings. The Kier molecular flexibility index (Phi) is 4.69. The molecule has 3 nitrogen and oxygen atoms in total. The Hall–Kier alpha value is -1.52. The van der Waals surface area contributed by atoms with Crippen molar-refractivity contribution in [2.24, 2.45) is 0 Å². The molecule has 1 aromatic heterocycles. The number of hydrogen-bond donors (Lipinski definition) is 0. The molecular formula is C17H17ClN2OS. The number of pyridine rings is 1. The highest BCUT2D eigenvalue weighted by molar-refractivity contribution is 8.00. The van der Waals surface area contributed by atoms with Crippen molar-refractivity contribution in [2.75, 3.05) is 11.4 Å². The fourth-order valence-corrected chi connectivity index (χ4v) is 3.61. The van der Waals surface area contributed by atoms with Crippen molar-refractivity contribution >= 4 is 35.0 Å². The first-order valence-electron chi connectivity index (χ1n) is 7.32. The number of thioether (sulfide) groups is 1. The van der Waals surface area contributed by atoms with E-state index in [-0.39, 0.29) is 11.2 Å². The van der Waals surface area contributed by atoms with Crippen LogP contribution < -0.4 is 4.90 Å². The van der Waals surface area contributed by atoms with Crippen LogP contribution in [0.2, 0.25) is 5.02 Å². The molecule has 3 rings (SSSR count). The van der Waals surface area contributed by atoms with Gasteiger partial charge in [0.2, 0.25) is 5.91 Å². The minimum Gasteiger partial charge on any atom is -0.311 e. The normalized spacial score (nSPS) is 15.3. The van der Waals surface area contributed by atoms with Crippen LogP contribution in [-0.2, 0) is 11.2 Å². The summed E-state index contributed by atoms with van der Waals surface area (Å²) in [7, 11) is 0. The zero-order chi connectivity index (χ0) is 15.5. The van der Waals surface area contributed by atoms with E-state index in [1.807, 2.05) is 36.1 Å². The zero-order valence-electron chi connectivity index (χ0n) is 12.3. The molecule has 0 aliphatic carbocycles. The van der Waals surface area contributed by atoms with Gasteiger partial charge in [0.05, 0.1) is 15.3 Å². The Labute approximate surface area is 139 Å². The van der Waals surface area contributed by atoms with Crippen LogP contribution in [0.15, 0.2) is 47.6 Å². The van der Waals surface area contributed by atoms with Crippen LogP contribution in [-0.4, -0.2) is 22.7 Å². The van der Waals surface area contributed by atoms with Crippen LogP contribution in [0, 0.1) is 0 Å². The van der Waals surface area contributed by atoms with Crippen LogP contribution in [0.5, 0.6) is 0 Å². The number of para-hydroxylation sites is 1. The zero-order valence-corrected chi connectivity index (χ0v) is 13.9. The number of anilines is 1. The third-order valence-corrected chi connectivity index (χ3v) is 4.98. The maximum atomic E-state index is 12.8. The molecule has 0 N–H and O–H groups in total. The molecule has 1 aliphatic heterocycles. The van der Waals surface area contributed by atoms with E-state index in [1.165, 1.54) is 17.3 Å². The van der Waals surface area contributed by atoms with Gasteiger partial charge in [-0.3, -0.25) is 4.79 Å². The van der Waals surface area contributed by atoms with E-state index in [2.05, 4.69) is 11.1 Å². The van der Waals surface area contributed by atoms with Gasteiger partial charge in [0.15, 0.2) is 0 Å². The molecule has 1 aliphatic rings. The number of benzene rings is 1. The fraction of sp³-hybridized carbons (Fsp3) is 0.294. The summed E-state index contributed by atoms with van der Waals surface area (Å²) in [6.45, 7) is 2.72. The average Bonchev–Trinajstić information content (AvgIpc) is 2.55. The van der Waals surface area contributed by atoms with Gasteiger partial charge in [-0.05, 0) is 43.5 Å². The van der Waals surface area contributed by atoms with Gasteiger partial charge < -0.3 is 4.90 Å². The number of hydrogen-bond acceptors (Lipinski definition) is 3. The fourth-order valence-electron chi connectivity index (χ4n) is 2.65. The van der Waals surface area contributed by atoms with Crippen molar-refractivity contribution in [2.45, 2.75) is 30.0 Å². The summed E-state index contributed by atoms with van der Waals surface area (Å²) >= 11 is 7.31. The van der Waals surface area contributed by atoms with Crippen molar-refractivity contribution in [3.63, 3.8) is 0 Å². The number of carbonyl (C=O) groups excluding carboxylic acids is 1. The lowest BCUT2D eigenvalue weighted by atomic mass is 10.0. The number of carbonyl (C=O) groups is 1. The maximum Gasteiger partial charge on any atom is 0.240 e. The van der Waals surface area contributed by atoms with E-state index in [9.17, 15) is 4.79 Å². The van der Waals surface area contributed by atoms with E-state index >= 15 is 0 Å². The summed E-state index contributed by atoms with van der Waals surface area (Å²) in [4.78, 5) is 18.9. The predicted molar refractivity (Wildman–Crippen MR) is 91.7 cm³/mol. The Balaban J connectivity index is 1.75. The van der Waals surface area contributed by atoms with Crippen LogP contribution in [0.4, 0.5) is 5.69 Å². The number of aromatic nitrogens is 1. The quantitative estimate of drug-likeness (QED) is 0.790. The van der Waals surface area contributed by atoms with Crippen LogP contribution >= 0.6 is 23.4 Å². The first-order chi connectivity index (χ1) is 10.6. The van der Waals surface area contributed by atoms with Crippen LogP contribution in [0.3, 0.4) is 0 Å². The minimum absolute atomic E-state index is 0.133. The van der Waals surface area contributed by atoms with E-state index < -0.39 is 0 Å².